The third-order valence-electron chi connectivity index (χ3n) is 4.65. The Bertz CT molecular complexity index is 1120. The van der Waals surface area contributed by atoms with Gasteiger partial charge in [0, 0.05) is 0 Å². The van der Waals surface area contributed by atoms with Crippen LogP contribution < -0.4 is 14.5 Å². The number of carbonyl (C=O) groups is 3. The molecular weight excluding hydrogens is 428 g/mol. The summed E-state index contributed by atoms with van der Waals surface area (Å²) in [5, 5.41) is 14.6. The number of ether oxygens (including phenoxy) is 3. The fourth-order valence-corrected chi connectivity index (χ4v) is 3.11. The highest BCUT2D eigenvalue weighted by molar-refractivity contribution is 6.32. The van der Waals surface area contributed by atoms with Crippen LogP contribution in [0.3, 0.4) is 0 Å². The van der Waals surface area contributed by atoms with Gasteiger partial charge in [0.25, 0.3) is 5.91 Å². The summed E-state index contributed by atoms with van der Waals surface area (Å²) in [5.41, 5.74) is 2.10. The summed E-state index contributed by atoms with van der Waals surface area (Å²) in [4.78, 5) is 35.7. The monoisotopic (exact) mass is 452 g/mol. The standard InChI is InChI=1S/C24H24N2O7/c1-4-31-20-11-6-16(13-21(20)33-14-22(27)32-5-2)12-19-15(3)25-26(23(19)28)18-9-7-17(8-10-18)24(29)30/h6-13H,4-5,14H2,1-3H3,(H,29,30)/b19-12+. The maximum Gasteiger partial charge on any atom is 0.344 e. The van der Waals surface area contributed by atoms with Crippen molar-refractivity contribution < 1.29 is 33.7 Å². The van der Waals surface area contributed by atoms with Crippen LogP contribution in [-0.2, 0) is 14.3 Å². The summed E-state index contributed by atoms with van der Waals surface area (Å²) in [7, 11) is 0. The van der Waals surface area contributed by atoms with E-state index in [-0.39, 0.29) is 24.7 Å². The first-order chi connectivity index (χ1) is 15.8. The second-order valence-corrected chi connectivity index (χ2v) is 6.95. The molecule has 0 fully saturated rings. The van der Waals surface area contributed by atoms with Gasteiger partial charge in [0.2, 0.25) is 0 Å². The third-order valence-corrected chi connectivity index (χ3v) is 4.65. The Morgan fingerprint density at radius 1 is 1.03 bits per heavy atom. The molecule has 33 heavy (non-hydrogen) atoms. The minimum absolute atomic E-state index is 0.117. The van der Waals surface area contributed by atoms with Gasteiger partial charge in [-0.15, -0.1) is 0 Å². The van der Waals surface area contributed by atoms with Crippen molar-refractivity contribution in [1.29, 1.82) is 0 Å². The topological polar surface area (TPSA) is 115 Å². The largest absolute Gasteiger partial charge is 0.490 e. The van der Waals surface area contributed by atoms with Crippen LogP contribution in [0.25, 0.3) is 6.08 Å². The Kier molecular flexibility index (Phi) is 7.45. The van der Waals surface area contributed by atoms with Crippen LogP contribution >= 0.6 is 0 Å². The number of amides is 1. The SMILES string of the molecule is CCOC(=O)COc1cc(/C=C2/C(=O)N(c3ccc(C(=O)O)cc3)N=C2C)ccc1OCC. The van der Waals surface area contributed by atoms with E-state index in [0.29, 0.717) is 40.6 Å². The molecule has 0 bridgehead atoms. The lowest BCUT2D eigenvalue weighted by Crippen LogP contribution is -2.21. The number of rotatable bonds is 9. The van der Waals surface area contributed by atoms with Crippen molar-refractivity contribution in [3.63, 3.8) is 0 Å². The molecule has 0 atom stereocenters. The smallest absolute Gasteiger partial charge is 0.344 e. The number of carboxylic acids is 1. The van der Waals surface area contributed by atoms with Gasteiger partial charge in [-0.1, -0.05) is 6.07 Å². The molecule has 2 aromatic carbocycles. The summed E-state index contributed by atoms with van der Waals surface area (Å²) in [6, 6.07) is 11.0. The van der Waals surface area contributed by atoms with Crippen molar-refractivity contribution in [2.45, 2.75) is 20.8 Å². The summed E-state index contributed by atoms with van der Waals surface area (Å²) in [6.45, 7) is 5.65. The molecule has 3 rings (SSSR count). The predicted molar refractivity (Wildman–Crippen MR) is 122 cm³/mol. The molecule has 1 N–H and O–H groups in total. The Morgan fingerprint density at radius 2 is 1.76 bits per heavy atom. The van der Waals surface area contributed by atoms with E-state index in [1.165, 1.54) is 29.3 Å². The van der Waals surface area contributed by atoms with E-state index in [9.17, 15) is 14.4 Å². The van der Waals surface area contributed by atoms with E-state index in [2.05, 4.69) is 5.10 Å². The lowest BCUT2D eigenvalue weighted by molar-refractivity contribution is -0.145. The van der Waals surface area contributed by atoms with Gasteiger partial charge in [-0.3, -0.25) is 4.79 Å². The molecule has 1 heterocycles. The zero-order valence-corrected chi connectivity index (χ0v) is 18.5. The Morgan fingerprint density at radius 3 is 2.39 bits per heavy atom. The fourth-order valence-electron chi connectivity index (χ4n) is 3.11. The molecular formula is C24H24N2O7. The normalized spacial score (nSPS) is 14.3. The maximum atomic E-state index is 13.0. The van der Waals surface area contributed by atoms with Crippen molar-refractivity contribution in [3.05, 3.63) is 59.2 Å². The summed E-state index contributed by atoms with van der Waals surface area (Å²) < 4.78 is 16.0. The van der Waals surface area contributed by atoms with Crippen LogP contribution in [0.4, 0.5) is 5.69 Å². The molecule has 172 valence electrons. The molecule has 9 heteroatoms. The van der Waals surface area contributed by atoms with Crippen molar-refractivity contribution >= 4 is 35.3 Å². The first-order valence-electron chi connectivity index (χ1n) is 10.3. The van der Waals surface area contributed by atoms with Gasteiger partial charge in [0.05, 0.1) is 35.7 Å². The van der Waals surface area contributed by atoms with E-state index in [0.717, 1.165) is 0 Å². The van der Waals surface area contributed by atoms with Crippen LogP contribution in [-0.4, -0.2) is 48.5 Å². The van der Waals surface area contributed by atoms with Gasteiger partial charge in [0.1, 0.15) is 0 Å². The zero-order valence-electron chi connectivity index (χ0n) is 18.5. The highest BCUT2D eigenvalue weighted by Gasteiger charge is 2.29. The second kappa shape index (κ2) is 10.4. The van der Waals surface area contributed by atoms with E-state index < -0.39 is 11.9 Å². The highest BCUT2D eigenvalue weighted by Crippen LogP contribution is 2.31. The van der Waals surface area contributed by atoms with Crippen molar-refractivity contribution in [3.8, 4) is 11.5 Å². The Hall–Kier alpha value is -4.14. The van der Waals surface area contributed by atoms with Crippen LogP contribution in [0.5, 0.6) is 11.5 Å². The van der Waals surface area contributed by atoms with Crippen LogP contribution in [0.1, 0.15) is 36.7 Å². The van der Waals surface area contributed by atoms with Crippen LogP contribution in [0.15, 0.2) is 53.1 Å². The minimum atomic E-state index is -1.05. The highest BCUT2D eigenvalue weighted by atomic mass is 16.6. The fraction of sp³-hybridized carbons (Fsp3) is 0.250. The molecule has 0 radical (unpaired) electrons. The average Bonchev–Trinajstić information content (AvgIpc) is 3.07. The molecule has 0 unspecified atom stereocenters. The number of anilines is 1. The van der Waals surface area contributed by atoms with Crippen molar-refractivity contribution in [2.24, 2.45) is 5.10 Å². The Balaban J connectivity index is 1.85. The average molecular weight is 452 g/mol. The molecule has 0 aliphatic carbocycles. The van der Waals surface area contributed by atoms with Crippen molar-refractivity contribution in [1.82, 2.24) is 0 Å². The second-order valence-electron chi connectivity index (χ2n) is 6.95. The molecule has 1 amide bonds. The lowest BCUT2D eigenvalue weighted by Gasteiger charge is -2.13. The number of hydrogen-bond acceptors (Lipinski definition) is 7. The minimum Gasteiger partial charge on any atom is -0.490 e. The Labute approximate surface area is 190 Å². The van der Waals surface area contributed by atoms with Gasteiger partial charge in [0.15, 0.2) is 18.1 Å². The predicted octanol–water partition coefficient (Wildman–Crippen LogP) is 3.53. The molecule has 9 nitrogen and oxygen atoms in total. The number of carbonyl (C=O) groups excluding carboxylic acids is 2. The van der Waals surface area contributed by atoms with E-state index in [4.69, 9.17) is 19.3 Å². The first-order valence-corrected chi connectivity index (χ1v) is 10.3. The summed E-state index contributed by atoms with van der Waals surface area (Å²) >= 11 is 0. The van der Waals surface area contributed by atoms with Gasteiger partial charge >= 0.3 is 11.9 Å². The molecule has 0 spiro atoms. The quantitative estimate of drug-likeness (QED) is 0.457. The lowest BCUT2D eigenvalue weighted by atomic mass is 10.1. The van der Waals surface area contributed by atoms with Gasteiger partial charge < -0.3 is 19.3 Å². The number of nitrogens with zero attached hydrogens (tertiary/aromatic N) is 2. The van der Waals surface area contributed by atoms with Gasteiger partial charge in [-0.05, 0) is 68.8 Å². The van der Waals surface area contributed by atoms with Gasteiger partial charge in [-0.2, -0.15) is 10.1 Å². The van der Waals surface area contributed by atoms with Crippen LogP contribution in [0, 0.1) is 0 Å². The molecule has 0 saturated carbocycles. The molecule has 2 aromatic rings. The van der Waals surface area contributed by atoms with E-state index in [1.807, 2.05) is 6.92 Å². The van der Waals surface area contributed by atoms with Crippen molar-refractivity contribution in [2.75, 3.05) is 24.8 Å². The number of carboxylic acid groups (broad SMARTS) is 1. The maximum absolute atomic E-state index is 13.0. The number of hydrazone groups is 1. The molecule has 0 aromatic heterocycles. The molecule has 1 aliphatic heterocycles. The third kappa shape index (κ3) is 5.57. The summed E-state index contributed by atoms with van der Waals surface area (Å²) in [6.07, 6.45) is 1.67. The number of hydrogen-bond donors (Lipinski definition) is 1. The molecule has 0 saturated heterocycles. The van der Waals surface area contributed by atoms with Crippen LogP contribution in [0.2, 0.25) is 0 Å². The first kappa shape index (κ1) is 23.5. The number of benzene rings is 2. The van der Waals surface area contributed by atoms with E-state index in [1.54, 1.807) is 38.1 Å². The van der Waals surface area contributed by atoms with Gasteiger partial charge in [-0.25, -0.2) is 9.59 Å². The zero-order chi connectivity index (χ0) is 24.0. The summed E-state index contributed by atoms with van der Waals surface area (Å²) in [5.74, 6) is -1.08. The van der Waals surface area contributed by atoms with E-state index >= 15 is 0 Å². The number of esters is 1. The number of aromatic carboxylic acids is 1. The molecule has 1 aliphatic rings.